The number of benzene rings is 1. The molecule has 8 heteroatoms. The second-order valence-electron chi connectivity index (χ2n) is 6.68. The number of carbonyl (C=O) groups is 1. The third kappa shape index (κ3) is 7.48. The van der Waals surface area contributed by atoms with Gasteiger partial charge in [0.05, 0.1) is 12.8 Å². The zero-order chi connectivity index (χ0) is 21.1. The second-order valence-corrected chi connectivity index (χ2v) is 6.68. The number of nitrogens with one attached hydrogen (secondary N) is 3. The first-order valence-electron chi connectivity index (χ1n) is 9.99. The molecule has 0 aliphatic heterocycles. The highest BCUT2D eigenvalue weighted by Crippen LogP contribution is 2.12. The molecule has 0 spiro atoms. The van der Waals surface area contributed by atoms with E-state index in [1.807, 2.05) is 24.6 Å². The number of aromatic nitrogens is 2. The van der Waals surface area contributed by atoms with E-state index in [2.05, 4.69) is 39.0 Å². The van der Waals surface area contributed by atoms with Crippen LogP contribution in [-0.4, -0.2) is 54.9 Å². The Labute approximate surface area is 172 Å². The molecule has 0 fully saturated rings. The first-order chi connectivity index (χ1) is 14.0. The first kappa shape index (κ1) is 22.3. The van der Waals surface area contributed by atoms with Crippen LogP contribution < -0.4 is 20.7 Å². The normalized spacial score (nSPS) is 11.2. The van der Waals surface area contributed by atoms with Gasteiger partial charge in [0.15, 0.2) is 5.96 Å². The third-order valence-corrected chi connectivity index (χ3v) is 4.28. The van der Waals surface area contributed by atoms with Gasteiger partial charge >= 0.3 is 0 Å². The largest absolute Gasteiger partial charge is 0.497 e. The molecule has 0 atom stereocenters. The molecule has 29 heavy (non-hydrogen) atoms. The van der Waals surface area contributed by atoms with E-state index in [0.717, 1.165) is 31.2 Å². The second kappa shape index (κ2) is 11.7. The first-order valence-corrected chi connectivity index (χ1v) is 9.99. The van der Waals surface area contributed by atoms with Crippen molar-refractivity contribution in [3.8, 4) is 5.75 Å². The number of amides is 1. The number of aliphatic imine (C=N–C) groups is 1. The van der Waals surface area contributed by atoms with Gasteiger partial charge in [0.1, 0.15) is 5.75 Å². The lowest BCUT2D eigenvalue weighted by Gasteiger charge is -2.12. The SMILES string of the molecule is CCNC(=NCCCn1nc(C)cc1C)NCCNC(=O)c1cccc(OC)c1. The van der Waals surface area contributed by atoms with Crippen LogP contribution in [-0.2, 0) is 6.54 Å². The van der Waals surface area contributed by atoms with Crippen molar-refractivity contribution in [1.82, 2.24) is 25.7 Å². The molecule has 0 aliphatic rings. The van der Waals surface area contributed by atoms with Gasteiger partial charge in [0.25, 0.3) is 5.91 Å². The Bertz CT molecular complexity index is 815. The van der Waals surface area contributed by atoms with E-state index in [9.17, 15) is 4.79 Å². The van der Waals surface area contributed by atoms with Crippen LogP contribution in [0, 0.1) is 13.8 Å². The molecule has 0 radical (unpaired) electrons. The maximum atomic E-state index is 12.2. The van der Waals surface area contributed by atoms with Crippen LogP contribution in [0.1, 0.15) is 35.1 Å². The summed E-state index contributed by atoms with van der Waals surface area (Å²) in [6.07, 6.45) is 0.908. The number of nitrogens with zero attached hydrogens (tertiary/aromatic N) is 3. The van der Waals surface area contributed by atoms with Crippen LogP contribution in [0.5, 0.6) is 5.75 Å². The lowest BCUT2D eigenvalue weighted by molar-refractivity contribution is 0.0954. The van der Waals surface area contributed by atoms with E-state index in [1.165, 1.54) is 5.69 Å². The van der Waals surface area contributed by atoms with Crippen molar-refractivity contribution in [3.05, 3.63) is 47.3 Å². The van der Waals surface area contributed by atoms with E-state index >= 15 is 0 Å². The van der Waals surface area contributed by atoms with E-state index in [0.29, 0.717) is 30.9 Å². The smallest absolute Gasteiger partial charge is 0.251 e. The maximum Gasteiger partial charge on any atom is 0.251 e. The molecular weight excluding hydrogens is 368 g/mol. The predicted molar refractivity (Wildman–Crippen MR) is 116 cm³/mol. The molecule has 0 aliphatic carbocycles. The van der Waals surface area contributed by atoms with E-state index in [-0.39, 0.29) is 5.91 Å². The molecule has 0 saturated heterocycles. The van der Waals surface area contributed by atoms with Gasteiger partial charge in [-0.25, -0.2) is 0 Å². The molecule has 0 unspecified atom stereocenters. The Balaban J connectivity index is 1.72. The lowest BCUT2D eigenvalue weighted by atomic mass is 10.2. The fourth-order valence-corrected chi connectivity index (χ4v) is 2.88. The van der Waals surface area contributed by atoms with Gasteiger partial charge in [-0.1, -0.05) is 6.07 Å². The minimum absolute atomic E-state index is 0.127. The molecule has 2 aromatic rings. The number of hydrogen-bond acceptors (Lipinski definition) is 4. The fourth-order valence-electron chi connectivity index (χ4n) is 2.88. The van der Waals surface area contributed by atoms with Crippen molar-refractivity contribution in [3.63, 3.8) is 0 Å². The number of carbonyl (C=O) groups excluding carboxylic acids is 1. The Morgan fingerprint density at radius 1 is 1.17 bits per heavy atom. The molecule has 0 saturated carbocycles. The summed E-state index contributed by atoms with van der Waals surface area (Å²) in [5.41, 5.74) is 2.79. The van der Waals surface area contributed by atoms with Gasteiger partial charge in [-0.3, -0.25) is 14.5 Å². The average molecular weight is 401 g/mol. The van der Waals surface area contributed by atoms with Crippen LogP contribution in [0.3, 0.4) is 0 Å². The summed E-state index contributed by atoms with van der Waals surface area (Å²) in [5, 5.41) is 13.8. The zero-order valence-electron chi connectivity index (χ0n) is 17.8. The summed E-state index contributed by atoms with van der Waals surface area (Å²) in [6.45, 7) is 9.49. The van der Waals surface area contributed by atoms with Gasteiger partial charge in [-0.2, -0.15) is 5.10 Å². The minimum atomic E-state index is -0.127. The molecule has 8 nitrogen and oxygen atoms in total. The summed E-state index contributed by atoms with van der Waals surface area (Å²) < 4.78 is 7.16. The standard InChI is InChI=1S/C21H32N6O2/c1-5-22-21(24-10-7-13-27-17(3)14-16(2)26-27)25-12-11-23-20(28)18-8-6-9-19(15-18)29-4/h6,8-9,14-15H,5,7,10-13H2,1-4H3,(H,23,28)(H2,22,24,25). The van der Waals surface area contributed by atoms with Crippen LogP contribution >= 0.6 is 0 Å². The number of ether oxygens (including phenoxy) is 1. The highest BCUT2D eigenvalue weighted by atomic mass is 16.5. The van der Waals surface area contributed by atoms with Crippen LogP contribution in [0.25, 0.3) is 0 Å². The molecule has 0 bridgehead atoms. The molecule has 1 aromatic heterocycles. The van der Waals surface area contributed by atoms with E-state index in [4.69, 9.17) is 4.74 Å². The van der Waals surface area contributed by atoms with Gasteiger partial charge in [-0.15, -0.1) is 0 Å². The van der Waals surface area contributed by atoms with Gasteiger partial charge in [-0.05, 0) is 51.5 Å². The summed E-state index contributed by atoms with van der Waals surface area (Å²) in [6, 6.07) is 9.17. The van der Waals surface area contributed by atoms with Crippen molar-refractivity contribution in [1.29, 1.82) is 0 Å². The molecule has 158 valence electrons. The molecular formula is C21H32N6O2. The number of rotatable bonds is 10. The summed E-state index contributed by atoms with van der Waals surface area (Å²) >= 11 is 0. The van der Waals surface area contributed by atoms with Gasteiger partial charge in [0.2, 0.25) is 0 Å². The van der Waals surface area contributed by atoms with Gasteiger partial charge in [0, 0.05) is 44.0 Å². The Hall–Kier alpha value is -3.03. The Kier molecular flexibility index (Phi) is 9.01. The fraction of sp³-hybridized carbons (Fsp3) is 0.476. The molecule has 2 rings (SSSR count). The van der Waals surface area contributed by atoms with E-state index < -0.39 is 0 Å². The topological polar surface area (TPSA) is 92.6 Å². The van der Waals surface area contributed by atoms with Crippen LogP contribution in [0.2, 0.25) is 0 Å². The van der Waals surface area contributed by atoms with Crippen molar-refractivity contribution >= 4 is 11.9 Å². The third-order valence-electron chi connectivity index (χ3n) is 4.28. The van der Waals surface area contributed by atoms with Gasteiger partial charge < -0.3 is 20.7 Å². The predicted octanol–water partition coefficient (Wildman–Crippen LogP) is 1.88. The van der Waals surface area contributed by atoms with Crippen LogP contribution in [0.15, 0.2) is 35.3 Å². The Morgan fingerprint density at radius 3 is 2.66 bits per heavy atom. The number of hydrogen-bond donors (Lipinski definition) is 3. The summed E-state index contributed by atoms with van der Waals surface area (Å²) in [7, 11) is 1.58. The zero-order valence-corrected chi connectivity index (χ0v) is 17.8. The molecule has 1 aromatic carbocycles. The molecule has 3 N–H and O–H groups in total. The number of guanidine groups is 1. The monoisotopic (exact) mass is 400 g/mol. The lowest BCUT2D eigenvalue weighted by Crippen LogP contribution is -2.41. The average Bonchev–Trinajstić information content (AvgIpc) is 3.05. The molecule has 1 amide bonds. The van der Waals surface area contributed by atoms with Crippen LogP contribution in [0.4, 0.5) is 0 Å². The quantitative estimate of drug-likeness (QED) is 0.322. The summed E-state index contributed by atoms with van der Waals surface area (Å²) in [5.74, 6) is 1.28. The highest BCUT2D eigenvalue weighted by Gasteiger charge is 2.06. The van der Waals surface area contributed by atoms with Crippen molar-refractivity contribution in [2.45, 2.75) is 33.7 Å². The number of methoxy groups -OCH3 is 1. The minimum Gasteiger partial charge on any atom is -0.497 e. The summed E-state index contributed by atoms with van der Waals surface area (Å²) in [4.78, 5) is 16.8. The highest BCUT2D eigenvalue weighted by molar-refractivity contribution is 5.94. The van der Waals surface area contributed by atoms with Crippen molar-refractivity contribution < 1.29 is 9.53 Å². The van der Waals surface area contributed by atoms with Crippen molar-refractivity contribution in [2.24, 2.45) is 4.99 Å². The van der Waals surface area contributed by atoms with E-state index in [1.54, 1.807) is 25.3 Å². The van der Waals surface area contributed by atoms with Crippen molar-refractivity contribution in [2.75, 3.05) is 33.3 Å². The Morgan fingerprint density at radius 2 is 1.97 bits per heavy atom. The maximum absolute atomic E-state index is 12.2. The number of aryl methyl sites for hydroxylation is 3. The molecule has 1 heterocycles.